The van der Waals surface area contributed by atoms with Crippen molar-refractivity contribution in [3.8, 4) is 16.9 Å². The van der Waals surface area contributed by atoms with Gasteiger partial charge in [-0.25, -0.2) is 9.97 Å². The topological polar surface area (TPSA) is 97.5 Å². The van der Waals surface area contributed by atoms with Crippen molar-refractivity contribution in [3.05, 3.63) is 64.7 Å². The van der Waals surface area contributed by atoms with Crippen molar-refractivity contribution in [1.29, 1.82) is 0 Å². The highest BCUT2D eigenvalue weighted by Gasteiger charge is 2.26. The largest absolute Gasteiger partial charge is 0.493 e. The van der Waals surface area contributed by atoms with Crippen LogP contribution in [0.25, 0.3) is 16.7 Å². The number of allylic oxidation sites excluding steroid dienone is 1. The van der Waals surface area contributed by atoms with Crippen LogP contribution >= 0.6 is 11.6 Å². The zero-order chi connectivity index (χ0) is 26.7. The summed E-state index contributed by atoms with van der Waals surface area (Å²) in [4.78, 5) is 28.9. The van der Waals surface area contributed by atoms with Crippen molar-refractivity contribution in [2.75, 3.05) is 38.4 Å². The van der Waals surface area contributed by atoms with Gasteiger partial charge in [0.25, 0.3) is 5.91 Å². The van der Waals surface area contributed by atoms with Crippen molar-refractivity contribution in [3.63, 3.8) is 0 Å². The first-order valence-electron chi connectivity index (χ1n) is 11.6. The zero-order valence-electron chi connectivity index (χ0n) is 21.9. The Morgan fingerprint density at radius 3 is 2.47 bits per heavy atom. The third-order valence-electron chi connectivity index (χ3n) is 6.12. The molecule has 1 atom stereocenters. The molecule has 0 bridgehead atoms. The smallest absolute Gasteiger partial charge is 0.271 e. The summed E-state index contributed by atoms with van der Waals surface area (Å²) >= 11 is 6.75. The van der Waals surface area contributed by atoms with E-state index < -0.39 is 0 Å². The molecule has 2 aromatic heterocycles. The Bertz CT molecular complexity index is 1290. The normalized spacial score (nSPS) is 11.7. The number of nitrogens with zero attached hydrogens (tertiary/aromatic N) is 5. The lowest BCUT2D eigenvalue weighted by molar-refractivity contribution is 0.0822. The van der Waals surface area contributed by atoms with Gasteiger partial charge in [0.05, 0.1) is 18.2 Å². The maximum atomic E-state index is 12.3. The molecule has 36 heavy (non-hydrogen) atoms. The molecular formula is C27H33ClN6O2. The molecule has 0 aliphatic carbocycles. The van der Waals surface area contributed by atoms with E-state index in [0.29, 0.717) is 40.3 Å². The van der Waals surface area contributed by atoms with Gasteiger partial charge >= 0.3 is 0 Å². The van der Waals surface area contributed by atoms with Crippen LogP contribution in [0.15, 0.2) is 37.3 Å². The second-order valence-corrected chi connectivity index (χ2v) is 9.27. The molecule has 2 heterocycles. The number of hydrogen-bond donors (Lipinski definition) is 1. The van der Waals surface area contributed by atoms with Crippen LogP contribution in [0.5, 0.6) is 5.75 Å². The van der Waals surface area contributed by atoms with E-state index in [-0.39, 0.29) is 11.9 Å². The van der Waals surface area contributed by atoms with E-state index in [1.54, 1.807) is 26.4 Å². The number of nitrogens with two attached hydrogens (primary N) is 1. The van der Waals surface area contributed by atoms with E-state index in [9.17, 15) is 4.79 Å². The minimum atomic E-state index is -0.196. The second kappa shape index (κ2) is 11.0. The Labute approximate surface area is 217 Å². The first-order valence-corrected chi connectivity index (χ1v) is 12.0. The summed E-state index contributed by atoms with van der Waals surface area (Å²) in [6.45, 7) is 12.3. The number of carbonyl (C=O) groups excluding carboxylic acids is 1. The van der Waals surface area contributed by atoms with Gasteiger partial charge < -0.3 is 20.3 Å². The Morgan fingerprint density at radius 1 is 1.22 bits per heavy atom. The predicted molar refractivity (Wildman–Crippen MR) is 147 cm³/mol. The maximum Gasteiger partial charge on any atom is 0.271 e. The van der Waals surface area contributed by atoms with Crippen LogP contribution in [0.3, 0.4) is 0 Å². The molecule has 8 nitrogen and oxygen atoms in total. The fourth-order valence-corrected chi connectivity index (χ4v) is 4.27. The fraction of sp³-hybridized carbons (Fsp3) is 0.333. The Kier molecular flexibility index (Phi) is 8.20. The highest BCUT2D eigenvalue weighted by Crippen LogP contribution is 2.44. The van der Waals surface area contributed by atoms with Crippen LogP contribution in [0.1, 0.15) is 54.0 Å². The molecule has 2 N–H and O–H groups in total. The molecule has 0 spiro atoms. The number of amides is 1. The highest BCUT2D eigenvalue weighted by atomic mass is 35.5. The van der Waals surface area contributed by atoms with Crippen LogP contribution in [0.2, 0.25) is 5.02 Å². The summed E-state index contributed by atoms with van der Waals surface area (Å²) in [5, 5.41) is 0.597. The van der Waals surface area contributed by atoms with E-state index >= 15 is 0 Å². The molecule has 1 unspecified atom stereocenters. The number of rotatable bonds is 8. The lowest BCUT2D eigenvalue weighted by Crippen LogP contribution is -2.25. The van der Waals surface area contributed by atoms with Gasteiger partial charge in [-0.1, -0.05) is 24.2 Å². The number of aromatic nitrogens is 3. The van der Waals surface area contributed by atoms with E-state index in [1.807, 2.05) is 51.8 Å². The number of nitrogen functional groups attached to an aromatic ring is 1. The Morgan fingerprint density at radius 2 is 1.92 bits per heavy atom. The average Bonchev–Trinajstić information content (AvgIpc) is 2.84. The predicted octanol–water partition coefficient (Wildman–Crippen LogP) is 5.41. The van der Waals surface area contributed by atoms with Crippen LogP contribution in [0.4, 0.5) is 11.6 Å². The van der Waals surface area contributed by atoms with Gasteiger partial charge in [0.2, 0.25) is 0 Å². The van der Waals surface area contributed by atoms with Crippen molar-refractivity contribution < 1.29 is 9.53 Å². The summed E-state index contributed by atoms with van der Waals surface area (Å²) < 4.78 is 6.22. The SMILES string of the molecule is C=C(C)c1c(N)ncnc1N(C)C(C)c1cc(Cl)c(C)c(-c2ccc(C(=O)N(C)C)nc2)c1OCC. The van der Waals surface area contributed by atoms with Crippen molar-refractivity contribution in [2.45, 2.75) is 33.7 Å². The first-order chi connectivity index (χ1) is 17.0. The maximum absolute atomic E-state index is 12.3. The summed E-state index contributed by atoms with van der Waals surface area (Å²) in [5.41, 5.74) is 11.4. The van der Waals surface area contributed by atoms with Crippen LogP contribution in [-0.2, 0) is 0 Å². The quantitative estimate of drug-likeness (QED) is 0.434. The van der Waals surface area contributed by atoms with Crippen molar-refractivity contribution >= 4 is 34.7 Å². The zero-order valence-corrected chi connectivity index (χ0v) is 22.6. The van der Waals surface area contributed by atoms with E-state index in [0.717, 1.165) is 27.8 Å². The lowest BCUT2D eigenvalue weighted by Gasteiger charge is -2.31. The van der Waals surface area contributed by atoms with Gasteiger partial charge in [-0.05, 0) is 51.0 Å². The molecule has 1 amide bonds. The highest BCUT2D eigenvalue weighted by molar-refractivity contribution is 6.32. The van der Waals surface area contributed by atoms with Crippen molar-refractivity contribution in [2.24, 2.45) is 0 Å². The molecular weight excluding hydrogens is 476 g/mol. The minimum absolute atomic E-state index is 0.164. The number of anilines is 2. The molecule has 0 fully saturated rings. The van der Waals surface area contributed by atoms with Gasteiger partial charge in [-0.2, -0.15) is 0 Å². The summed E-state index contributed by atoms with van der Waals surface area (Å²) in [5.74, 6) is 1.57. The van der Waals surface area contributed by atoms with Gasteiger partial charge in [0.15, 0.2) is 0 Å². The Hall–Kier alpha value is -3.65. The molecule has 0 saturated heterocycles. The molecule has 3 aromatic rings. The molecule has 0 aliphatic rings. The number of halogens is 1. The standard InChI is InChI=1S/C27H33ClN6O2/c1-9-36-24-19(17(5)34(8)26-22(15(2)3)25(29)31-14-32-26)12-20(28)16(4)23(24)18-10-11-21(30-13-18)27(35)33(6)7/h10-14,17H,2,9H2,1,3-8H3,(H2,29,31,32). The fourth-order valence-electron chi connectivity index (χ4n) is 4.06. The molecule has 3 rings (SSSR count). The lowest BCUT2D eigenvalue weighted by atomic mass is 9.93. The van der Waals surface area contributed by atoms with Gasteiger partial charge in [-0.3, -0.25) is 9.78 Å². The van der Waals surface area contributed by atoms with Crippen molar-refractivity contribution in [1.82, 2.24) is 19.9 Å². The number of carbonyl (C=O) groups is 1. The van der Waals surface area contributed by atoms with E-state index in [4.69, 9.17) is 22.1 Å². The molecule has 0 saturated carbocycles. The minimum Gasteiger partial charge on any atom is -0.493 e. The van der Waals surface area contributed by atoms with Crippen LogP contribution in [0, 0.1) is 6.92 Å². The van der Waals surface area contributed by atoms with E-state index in [2.05, 4.69) is 21.5 Å². The molecule has 190 valence electrons. The number of ether oxygens (including phenoxy) is 1. The number of hydrogen-bond acceptors (Lipinski definition) is 7. The van der Waals surface area contributed by atoms with Gasteiger partial charge in [0, 0.05) is 49.1 Å². The van der Waals surface area contributed by atoms with E-state index in [1.165, 1.54) is 11.2 Å². The van der Waals surface area contributed by atoms with Crippen LogP contribution in [-0.4, -0.2) is 53.5 Å². The summed E-state index contributed by atoms with van der Waals surface area (Å²) in [6, 6.07) is 5.31. The second-order valence-electron chi connectivity index (χ2n) is 8.87. The number of benzene rings is 1. The Balaban J connectivity index is 2.17. The van der Waals surface area contributed by atoms with Gasteiger partial charge in [-0.15, -0.1) is 0 Å². The molecule has 0 aliphatic heterocycles. The summed E-state index contributed by atoms with van der Waals surface area (Å²) in [6.07, 6.45) is 3.12. The monoisotopic (exact) mass is 508 g/mol. The third kappa shape index (κ3) is 5.14. The number of pyridine rings is 1. The average molecular weight is 509 g/mol. The molecule has 1 aromatic carbocycles. The van der Waals surface area contributed by atoms with Gasteiger partial charge in [0.1, 0.15) is 29.4 Å². The molecule has 0 radical (unpaired) electrons. The molecule has 9 heteroatoms. The van der Waals surface area contributed by atoms with Crippen LogP contribution < -0.4 is 15.4 Å². The summed E-state index contributed by atoms with van der Waals surface area (Å²) in [7, 11) is 5.33. The first kappa shape index (κ1) is 26.9. The third-order valence-corrected chi connectivity index (χ3v) is 6.51.